The van der Waals surface area contributed by atoms with Crippen molar-refractivity contribution < 1.29 is 19.2 Å². The summed E-state index contributed by atoms with van der Waals surface area (Å²) in [7, 11) is 0. The van der Waals surface area contributed by atoms with Crippen LogP contribution in [0, 0.1) is 10.1 Å². The minimum atomic E-state index is -0.974. The second-order valence-corrected chi connectivity index (χ2v) is 7.76. The van der Waals surface area contributed by atoms with Gasteiger partial charge in [0, 0.05) is 24.1 Å². The fraction of sp³-hybridized carbons (Fsp3) is 0.0385. The highest BCUT2D eigenvalue weighted by atomic mass is 16.6. The number of anilines is 1. The Hall–Kier alpha value is -5.05. The lowest BCUT2D eigenvalue weighted by atomic mass is 10.0. The smallest absolute Gasteiger partial charge is 0.335 e. The fourth-order valence-electron chi connectivity index (χ4n) is 3.69. The summed E-state index contributed by atoms with van der Waals surface area (Å²) < 4.78 is 5.50. The zero-order chi connectivity index (χ0) is 24.4. The number of hydrogen-bond acceptors (Lipinski definition) is 7. The maximum Gasteiger partial charge on any atom is 0.335 e. The van der Waals surface area contributed by atoms with Gasteiger partial charge in [0.2, 0.25) is 0 Å². The Bertz CT molecular complexity index is 1530. The summed E-state index contributed by atoms with van der Waals surface area (Å²) in [5.74, 6) is 0.547. The number of fused-ring (bicyclic) bond motifs is 1. The number of aromatic nitrogens is 2. The highest BCUT2D eigenvalue weighted by Gasteiger charge is 2.13. The maximum atomic E-state index is 11.1. The molecule has 35 heavy (non-hydrogen) atoms. The number of carboxylic acid groups (broad SMARTS) is 1. The van der Waals surface area contributed by atoms with Gasteiger partial charge in [-0.05, 0) is 65.2 Å². The molecule has 9 heteroatoms. The first kappa shape index (κ1) is 21.8. The van der Waals surface area contributed by atoms with Crippen LogP contribution in [0.1, 0.15) is 15.9 Å². The third kappa shape index (κ3) is 4.55. The number of non-ortho nitro benzene ring substituents is 1. The summed E-state index contributed by atoms with van der Waals surface area (Å²) in [6.45, 7) is 0.424. The normalized spacial score (nSPS) is 10.9. The molecule has 5 aromatic rings. The Labute approximate surface area is 198 Å². The van der Waals surface area contributed by atoms with E-state index in [1.165, 1.54) is 12.1 Å². The predicted octanol–water partition coefficient (Wildman–Crippen LogP) is 5.78. The summed E-state index contributed by atoms with van der Waals surface area (Å²) in [6.07, 6.45) is 1.55. The van der Waals surface area contributed by atoms with E-state index in [4.69, 9.17) is 9.52 Å². The molecule has 0 unspecified atom stereocenters. The van der Waals surface area contributed by atoms with Crippen molar-refractivity contribution in [2.45, 2.75) is 6.54 Å². The third-order valence-electron chi connectivity index (χ3n) is 5.51. The zero-order valence-corrected chi connectivity index (χ0v) is 18.2. The molecule has 0 spiro atoms. The molecule has 172 valence electrons. The second-order valence-electron chi connectivity index (χ2n) is 7.76. The number of nitro benzene ring substituents is 1. The summed E-state index contributed by atoms with van der Waals surface area (Å²) >= 11 is 0. The van der Waals surface area contributed by atoms with E-state index in [1.807, 2.05) is 18.2 Å². The first-order chi connectivity index (χ1) is 17.0. The number of rotatable bonds is 7. The molecular formula is C26H18N4O5. The van der Waals surface area contributed by atoms with Crippen molar-refractivity contribution >= 4 is 28.4 Å². The lowest BCUT2D eigenvalue weighted by Gasteiger charge is -2.12. The van der Waals surface area contributed by atoms with Gasteiger partial charge in [0.15, 0.2) is 11.6 Å². The summed E-state index contributed by atoms with van der Waals surface area (Å²) in [4.78, 5) is 31.0. The van der Waals surface area contributed by atoms with Crippen LogP contribution in [0.15, 0.2) is 89.5 Å². The van der Waals surface area contributed by atoms with Crippen molar-refractivity contribution in [3.8, 4) is 22.7 Å². The van der Waals surface area contributed by atoms with E-state index >= 15 is 0 Å². The molecular weight excluding hydrogens is 448 g/mol. The number of nitrogens with zero attached hydrogens (tertiary/aromatic N) is 3. The van der Waals surface area contributed by atoms with Gasteiger partial charge >= 0.3 is 5.97 Å². The Morgan fingerprint density at radius 3 is 2.37 bits per heavy atom. The van der Waals surface area contributed by atoms with Crippen LogP contribution >= 0.6 is 0 Å². The third-order valence-corrected chi connectivity index (χ3v) is 5.51. The van der Waals surface area contributed by atoms with Crippen LogP contribution in [0.2, 0.25) is 0 Å². The minimum absolute atomic E-state index is 0.0276. The second kappa shape index (κ2) is 9.06. The van der Waals surface area contributed by atoms with E-state index in [2.05, 4.69) is 15.3 Å². The van der Waals surface area contributed by atoms with Gasteiger partial charge in [-0.15, -0.1) is 0 Å². The molecule has 0 bridgehead atoms. The number of furan rings is 1. The maximum absolute atomic E-state index is 11.1. The van der Waals surface area contributed by atoms with E-state index in [9.17, 15) is 14.9 Å². The molecule has 2 aromatic heterocycles. The van der Waals surface area contributed by atoms with Gasteiger partial charge in [-0.3, -0.25) is 10.1 Å². The van der Waals surface area contributed by atoms with Gasteiger partial charge < -0.3 is 14.8 Å². The SMILES string of the molecule is O=C(O)c1ccc(CNc2nc(-c3ccco3)nc3cc(-c4ccc([N+](=O)[O-])cc4)ccc23)cc1. The number of carbonyl (C=O) groups is 1. The molecule has 5 rings (SSSR count). The van der Waals surface area contributed by atoms with Gasteiger partial charge in [0.1, 0.15) is 5.82 Å². The molecule has 0 amide bonds. The molecule has 2 N–H and O–H groups in total. The largest absolute Gasteiger partial charge is 0.478 e. The monoisotopic (exact) mass is 466 g/mol. The topological polar surface area (TPSA) is 131 Å². The van der Waals surface area contributed by atoms with Crippen molar-refractivity contribution in [2.24, 2.45) is 0 Å². The predicted molar refractivity (Wildman–Crippen MR) is 130 cm³/mol. The lowest BCUT2D eigenvalue weighted by molar-refractivity contribution is -0.384. The average molecular weight is 466 g/mol. The molecule has 9 nitrogen and oxygen atoms in total. The van der Waals surface area contributed by atoms with Gasteiger partial charge in [-0.1, -0.05) is 18.2 Å². The number of nitrogens with one attached hydrogen (secondary N) is 1. The highest BCUT2D eigenvalue weighted by Crippen LogP contribution is 2.30. The molecule has 0 saturated heterocycles. The fourth-order valence-corrected chi connectivity index (χ4v) is 3.69. The van der Waals surface area contributed by atoms with Crippen LogP contribution in [-0.4, -0.2) is 26.0 Å². The van der Waals surface area contributed by atoms with Gasteiger partial charge in [0.05, 0.1) is 22.3 Å². The lowest BCUT2D eigenvalue weighted by Crippen LogP contribution is -2.05. The van der Waals surface area contributed by atoms with Crippen LogP contribution < -0.4 is 5.32 Å². The highest BCUT2D eigenvalue weighted by molar-refractivity contribution is 5.93. The van der Waals surface area contributed by atoms with Crippen LogP contribution in [-0.2, 0) is 6.54 Å². The molecule has 0 aliphatic carbocycles. The van der Waals surface area contributed by atoms with Gasteiger partial charge in [-0.25, -0.2) is 14.8 Å². The molecule has 0 aliphatic rings. The number of aromatic carboxylic acids is 1. The average Bonchev–Trinajstić information content (AvgIpc) is 3.42. The Balaban J connectivity index is 1.52. The Kier molecular flexibility index (Phi) is 5.64. The molecule has 0 radical (unpaired) electrons. The van der Waals surface area contributed by atoms with Crippen LogP contribution in [0.3, 0.4) is 0 Å². The minimum Gasteiger partial charge on any atom is -0.478 e. The Morgan fingerprint density at radius 1 is 0.971 bits per heavy atom. The van der Waals surface area contributed by atoms with E-state index in [0.717, 1.165) is 22.1 Å². The van der Waals surface area contributed by atoms with Crippen molar-refractivity contribution in [3.05, 3.63) is 106 Å². The van der Waals surface area contributed by atoms with Crippen molar-refractivity contribution in [1.82, 2.24) is 9.97 Å². The number of benzene rings is 3. The molecule has 0 aliphatic heterocycles. The molecule has 0 saturated carbocycles. The number of hydrogen-bond donors (Lipinski definition) is 2. The Morgan fingerprint density at radius 2 is 1.71 bits per heavy atom. The first-order valence-electron chi connectivity index (χ1n) is 10.6. The van der Waals surface area contributed by atoms with Crippen molar-refractivity contribution in [3.63, 3.8) is 0 Å². The zero-order valence-electron chi connectivity index (χ0n) is 18.2. The summed E-state index contributed by atoms with van der Waals surface area (Å²) in [5, 5.41) is 24.2. The summed E-state index contributed by atoms with van der Waals surface area (Å²) in [6, 6.07) is 22.2. The van der Waals surface area contributed by atoms with Crippen LogP contribution in [0.25, 0.3) is 33.6 Å². The van der Waals surface area contributed by atoms with E-state index in [0.29, 0.717) is 29.5 Å². The van der Waals surface area contributed by atoms with Crippen LogP contribution in [0.4, 0.5) is 11.5 Å². The number of carboxylic acids is 1. The quantitative estimate of drug-likeness (QED) is 0.228. The summed E-state index contributed by atoms with van der Waals surface area (Å²) in [5.41, 5.74) is 3.49. The van der Waals surface area contributed by atoms with Crippen LogP contribution in [0.5, 0.6) is 0 Å². The van der Waals surface area contributed by atoms with Crippen molar-refractivity contribution in [2.75, 3.05) is 5.32 Å². The first-order valence-corrected chi connectivity index (χ1v) is 10.6. The van der Waals surface area contributed by atoms with E-state index in [-0.39, 0.29) is 11.3 Å². The van der Waals surface area contributed by atoms with Gasteiger partial charge in [-0.2, -0.15) is 0 Å². The van der Waals surface area contributed by atoms with E-state index in [1.54, 1.807) is 54.8 Å². The number of nitro groups is 1. The molecule has 3 aromatic carbocycles. The molecule has 0 fully saturated rings. The van der Waals surface area contributed by atoms with Crippen molar-refractivity contribution in [1.29, 1.82) is 0 Å². The standard InChI is InChI=1S/C26H18N4O5/c31-26(32)18-5-3-16(4-6-18)15-27-24-21-12-9-19(17-7-10-20(11-8-17)30(33)34)14-22(21)28-25(29-24)23-2-1-13-35-23/h1-14H,15H2,(H,31,32)(H,27,28,29). The molecule has 2 heterocycles. The van der Waals surface area contributed by atoms with Gasteiger partial charge in [0.25, 0.3) is 5.69 Å². The van der Waals surface area contributed by atoms with E-state index < -0.39 is 10.9 Å². The molecule has 0 atom stereocenters.